The Morgan fingerprint density at radius 3 is 2.40 bits per heavy atom. The topological polar surface area (TPSA) is 67.4 Å². The molecule has 128 valence electrons. The predicted molar refractivity (Wildman–Crippen MR) is 94.5 cm³/mol. The summed E-state index contributed by atoms with van der Waals surface area (Å²) in [5, 5.41) is 5.45. The molecule has 2 aromatic rings. The van der Waals surface area contributed by atoms with Gasteiger partial charge in [0.25, 0.3) is 0 Å². The van der Waals surface area contributed by atoms with Gasteiger partial charge in [0, 0.05) is 5.70 Å². The Hall–Kier alpha value is -3.08. The van der Waals surface area contributed by atoms with Gasteiger partial charge in [0.2, 0.25) is 0 Å². The average Bonchev–Trinajstić information content (AvgIpc) is 2.60. The summed E-state index contributed by atoms with van der Waals surface area (Å²) in [6.07, 6.45) is 0. The first-order valence-corrected chi connectivity index (χ1v) is 8.10. The Morgan fingerprint density at radius 1 is 1.04 bits per heavy atom. The van der Waals surface area contributed by atoms with Crippen LogP contribution in [0, 0.1) is 6.92 Å². The van der Waals surface area contributed by atoms with Crippen LogP contribution in [0.3, 0.4) is 0 Å². The van der Waals surface area contributed by atoms with Crippen molar-refractivity contribution < 1.29 is 14.3 Å². The summed E-state index contributed by atoms with van der Waals surface area (Å²) in [6, 6.07) is 16.3. The third kappa shape index (κ3) is 3.88. The van der Waals surface area contributed by atoms with Gasteiger partial charge in [-0.15, -0.1) is 0 Å². The van der Waals surface area contributed by atoms with Crippen molar-refractivity contribution in [3.63, 3.8) is 0 Å². The number of nitrogens with one attached hydrogen (secondary N) is 2. The van der Waals surface area contributed by atoms with Crippen molar-refractivity contribution in [2.45, 2.75) is 26.5 Å². The lowest BCUT2D eigenvalue weighted by atomic mass is 9.95. The monoisotopic (exact) mass is 336 g/mol. The van der Waals surface area contributed by atoms with E-state index in [9.17, 15) is 9.59 Å². The van der Waals surface area contributed by atoms with E-state index in [4.69, 9.17) is 4.74 Å². The third-order valence-corrected chi connectivity index (χ3v) is 4.11. The van der Waals surface area contributed by atoms with Crippen LogP contribution in [-0.4, -0.2) is 12.0 Å². The molecule has 2 amide bonds. The maximum atomic E-state index is 12.7. The second-order valence-corrected chi connectivity index (χ2v) is 6.04. The summed E-state index contributed by atoms with van der Waals surface area (Å²) >= 11 is 0. The molecule has 0 aliphatic carbocycles. The van der Waals surface area contributed by atoms with Crippen molar-refractivity contribution in [3.05, 3.63) is 82.6 Å². The number of esters is 1. The molecule has 2 N–H and O–H groups in total. The zero-order valence-electron chi connectivity index (χ0n) is 14.2. The first-order chi connectivity index (χ1) is 12.0. The highest BCUT2D eigenvalue weighted by Crippen LogP contribution is 2.28. The molecule has 1 heterocycles. The van der Waals surface area contributed by atoms with Gasteiger partial charge >= 0.3 is 12.0 Å². The fourth-order valence-corrected chi connectivity index (χ4v) is 2.77. The van der Waals surface area contributed by atoms with Crippen LogP contribution in [-0.2, 0) is 16.1 Å². The van der Waals surface area contributed by atoms with Gasteiger partial charge in [-0.05, 0) is 25.0 Å². The SMILES string of the molecule is CC1=C(C(=O)OCc2ccccc2)[C@H](c2ccc(C)cc2)NC(=O)N1. The van der Waals surface area contributed by atoms with Crippen molar-refractivity contribution in [2.75, 3.05) is 0 Å². The third-order valence-electron chi connectivity index (χ3n) is 4.11. The summed E-state index contributed by atoms with van der Waals surface area (Å²) < 4.78 is 5.46. The van der Waals surface area contributed by atoms with Crippen LogP contribution in [0.2, 0.25) is 0 Å². The minimum absolute atomic E-state index is 0.186. The van der Waals surface area contributed by atoms with Gasteiger partial charge in [0.15, 0.2) is 0 Å². The number of ether oxygens (including phenoxy) is 1. The predicted octanol–water partition coefficient (Wildman–Crippen LogP) is 3.37. The maximum absolute atomic E-state index is 12.7. The van der Waals surface area contributed by atoms with Crippen molar-refractivity contribution in [1.82, 2.24) is 10.6 Å². The van der Waals surface area contributed by atoms with Crippen molar-refractivity contribution in [1.29, 1.82) is 0 Å². The molecule has 0 bridgehead atoms. The minimum Gasteiger partial charge on any atom is -0.457 e. The number of benzene rings is 2. The minimum atomic E-state index is -0.530. The van der Waals surface area contributed by atoms with Gasteiger partial charge in [-0.25, -0.2) is 9.59 Å². The van der Waals surface area contributed by atoms with Crippen LogP contribution >= 0.6 is 0 Å². The Kier molecular flexibility index (Phi) is 4.84. The molecule has 0 unspecified atom stereocenters. The van der Waals surface area contributed by atoms with Crippen LogP contribution < -0.4 is 10.6 Å². The zero-order chi connectivity index (χ0) is 17.8. The van der Waals surface area contributed by atoms with Crippen LogP contribution in [0.4, 0.5) is 4.79 Å². The molecule has 0 saturated heterocycles. The van der Waals surface area contributed by atoms with E-state index < -0.39 is 12.0 Å². The van der Waals surface area contributed by atoms with Gasteiger partial charge in [0.05, 0.1) is 11.6 Å². The lowest BCUT2D eigenvalue weighted by molar-refractivity contribution is -0.140. The van der Waals surface area contributed by atoms with E-state index in [1.807, 2.05) is 61.5 Å². The number of carbonyl (C=O) groups excluding carboxylic acids is 2. The number of allylic oxidation sites excluding steroid dienone is 1. The number of hydrogen-bond donors (Lipinski definition) is 2. The molecule has 0 aromatic heterocycles. The number of urea groups is 1. The Balaban J connectivity index is 1.84. The molecule has 0 saturated carbocycles. The second-order valence-electron chi connectivity index (χ2n) is 6.04. The van der Waals surface area contributed by atoms with Crippen LogP contribution in [0.25, 0.3) is 0 Å². The highest BCUT2D eigenvalue weighted by molar-refractivity contribution is 5.95. The lowest BCUT2D eigenvalue weighted by Gasteiger charge is -2.28. The van der Waals surface area contributed by atoms with Crippen LogP contribution in [0.15, 0.2) is 65.9 Å². The Bertz CT molecular complexity index is 811. The van der Waals surface area contributed by atoms with Crippen molar-refractivity contribution in [2.24, 2.45) is 0 Å². The average molecular weight is 336 g/mol. The van der Waals surface area contributed by atoms with E-state index >= 15 is 0 Å². The highest BCUT2D eigenvalue weighted by Gasteiger charge is 2.32. The molecule has 2 aromatic carbocycles. The molecule has 5 nitrogen and oxygen atoms in total. The van der Waals surface area contributed by atoms with Crippen LogP contribution in [0.1, 0.15) is 29.7 Å². The lowest BCUT2D eigenvalue weighted by Crippen LogP contribution is -2.45. The zero-order valence-corrected chi connectivity index (χ0v) is 14.2. The van der Waals surface area contributed by atoms with E-state index in [1.165, 1.54) is 0 Å². The quantitative estimate of drug-likeness (QED) is 0.841. The Morgan fingerprint density at radius 2 is 1.72 bits per heavy atom. The van der Waals surface area contributed by atoms with E-state index in [2.05, 4.69) is 10.6 Å². The summed E-state index contributed by atoms with van der Waals surface area (Å²) in [4.78, 5) is 24.5. The molecule has 1 atom stereocenters. The van der Waals surface area contributed by atoms with Gasteiger partial charge in [-0.3, -0.25) is 0 Å². The van der Waals surface area contributed by atoms with E-state index in [0.29, 0.717) is 11.3 Å². The number of hydrogen-bond acceptors (Lipinski definition) is 3. The molecule has 0 spiro atoms. The molecule has 5 heteroatoms. The number of aryl methyl sites for hydroxylation is 1. The second kappa shape index (κ2) is 7.21. The maximum Gasteiger partial charge on any atom is 0.338 e. The molecule has 3 rings (SSSR count). The van der Waals surface area contributed by atoms with E-state index in [-0.39, 0.29) is 12.6 Å². The van der Waals surface area contributed by atoms with Crippen molar-refractivity contribution >= 4 is 12.0 Å². The largest absolute Gasteiger partial charge is 0.457 e. The van der Waals surface area contributed by atoms with Gasteiger partial charge < -0.3 is 15.4 Å². The first kappa shape index (κ1) is 16.8. The summed E-state index contributed by atoms with van der Waals surface area (Å²) in [6.45, 7) is 3.88. The molecular formula is C20H20N2O3. The van der Waals surface area contributed by atoms with Gasteiger partial charge in [0.1, 0.15) is 6.61 Å². The number of rotatable bonds is 4. The van der Waals surface area contributed by atoms with Gasteiger partial charge in [-0.2, -0.15) is 0 Å². The molecule has 0 radical (unpaired) electrons. The molecule has 0 fully saturated rings. The van der Waals surface area contributed by atoms with Gasteiger partial charge in [-0.1, -0.05) is 60.2 Å². The first-order valence-electron chi connectivity index (χ1n) is 8.10. The van der Waals surface area contributed by atoms with E-state index in [0.717, 1.165) is 16.7 Å². The smallest absolute Gasteiger partial charge is 0.338 e. The van der Waals surface area contributed by atoms with E-state index in [1.54, 1.807) is 6.92 Å². The standard InChI is InChI=1S/C20H20N2O3/c1-13-8-10-16(11-9-13)18-17(14(2)21-20(24)22-18)19(23)25-12-15-6-4-3-5-7-15/h3-11,18H,12H2,1-2H3,(H2,21,22,24)/t18-/m0/s1. The number of carbonyl (C=O) groups is 2. The molecule has 25 heavy (non-hydrogen) atoms. The molecule has 1 aliphatic heterocycles. The highest BCUT2D eigenvalue weighted by atomic mass is 16.5. The fourth-order valence-electron chi connectivity index (χ4n) is 2.77. The fraction of sp³-hybridized carbons (Fsp3) is 0.200. The normalized spacial score (nSPS) is 16.9. The molecule has 1 aliphatic rings. The Labute approximate surface area is 146 Å². The van der Waals surface area contributed by atoms with Crippen molar-refractivity contribution in [3.8, 4) is 0 Å². The molecular weight excluding hydrogens is 316 g/mol. The number of amides is 2. The summed E-state index contributed by atoms with van der Waals surface area (Å²) in [5.41, 5.74) is 3.78. The van der Waals surface area contributed by atoms with Crippen LogP contribution in [0.5, 0.6) is 0 Å². The summed E-state index contributed by atoms with van der Waals surface area (Å²) in [5.74, 6) is -0.445. The summed E-state index contributed by atoms with van der Waals surface area (Å²) in [7, 11) is 0.